The van der Waals surface area contributed by atoms with Crippen molar-refractivity contribution in [2.45, 2.75) is 12.8 Å². The monoisotopic (exact) mass is 259 g/mol. The van der Waals surface area contributed by atoms with Crippen LogP contribution < -0.4 is 5.32 Å². The number of thiazole rings is 1. The third-order valence-electron chi connectivity index (χ3n) is 2.97. The highest BCUT2D eigenvalue weighted by molar-refractivity contribution is 7.13. The molecule has 1 saturated carbocycles. The summed E-state index contributed by atoms with van der Waals surface area (Å²) in [5.74, 6) is 0.635. The Morgan fingerprint density at radius 2 is 2.39 bits per heavy atom. The van der Waals surface area contributed by atoms with Crippen LogP contribution in [-0.4, -0.2) is 22.4 Å². The van der Waals surface area contributed by atoms with Crippen LogP contribution in [0.25, 0.3) is 10.6 Å². The minimum absolute atomic E-state index is 0.0431. The van der Waals surface area contributed by atoms with E-state index in [-0.39, 0.29) is 5.91 Å². The summed E-state index contributed by atoms with van der Waals surface area (Å²) >= 11 is 1.49. The third kappa shape index (κ3) is 2.41. The average molecular weight is 259 g/mol. The molecule has 2 aromatic rings. The molecule has 1 N–H and O–H groups in total. The minimum atomic E-state index is -0.0431. The zero-order chi connectivity index (χ0) is 12.4. The maximum atomic E-state index is 12.1. The van der Waals surface area contributed by atoms with Gasteiger partial charge >= 0.3 is 0 Å². The molecule has 1 aliphatic carbocycles. The number of nitrogens with one attached hydrogen (secondary N) is 1. The summed E-state index contributed by atoms with van der Waals surface area (Å²) in [6.07, 6.45) is 5.90. The van der Waals surface area contributed by atoms with Gasteiger partial charge in [0.15, 0.2) is 0 Å². The van der Waals surface area contributed by atoms with Gasteiger partial charge in [-0.15, -0.1) is 11.3 Å². The number of aromatic nitrogens is 2. The van der Waals surface area contributed by atoms with Crippen molar-refractivity contribution in [3.63, 3.8) is 0 Å². The first-order valence-corrected chi connectivity index (χ1v) is 6.84. The second-order valence-corrected chi connectivity index (χ2v) is 5.30. The Morgan fingerprint density at radius 1 is 1.50 bits per heavy atom. The Labute approximate surface area is 109 Å². The van der Waals surface area contributed by atoms with Crippen LogP contribution in [0.15, 0.2) is 30.0 Å². The van der Waals surface area contributed by atoms with Gasteiger partial charge in [-0.3, -0.25) is 14.8 Å². The van der Waals surface area contributed by atoms with Gasteiger partial charge in [0.05, 0.1) is 21.6 Å². The Hall–Kier alpha value is -1.75. The highest BCUT2D eigenvalue weighted by atomic mass is 32.1. The summed E-state index contributed by atoms with van der Waals surface area (Å²) < 4.78 is 0. The molecule has 0 spiro atoms. The molecule has 1 fully saturated rings. The molecule has 0 saturated heterocycles. The average Bonchev–Trinajstić information content (AvgIpc) is 3.08. The molecule has 4 nitrogen and oxygen atoms in total. The van der Waals surface area contributed by atoms with Gasteiger partial charge in [0.25, 0.3) is 5.91 Å². The van der Waals surface area contributed by atoms with Gasteiger partial charge in [0, 0.05) is 18.9 Å². The molecule has 0 radical (unpaired) electrons. The number of carbonyl (C=O) groups is 1. The summed E-state index contributed by atoms with van der Waals surface area (Å²) in [6.45, 7) is 0.774. The van der Waals surface area contributed by atoms with Crippen molar-refractivity contribution in [2.24, 2.45) is 5.92 Å². The first-order valence-electron chi connectivity index (χ1n) is 5.96. The number of rotatable bonds is 4. The van der Waals surface area contributed by atoms with Crippen molar-refractivity contribution in [3.8, 4) is 10.6 Å². The molecule has 1 amide bonds. The normalized spacial score (nSPS) is 14.4. The molecule has 92 valence electrons. The Balaban J connectivity index is 1.84. The Kier molecular flexibility index (Phi) is 3.06. The maximum Gasteiger partial charge on any atom is 0.253 e. The van der Waals surface area contributed by atoms with Crippen LogP contribution in [0.2, 0.25) is 0 Å². The predicted octanol–water partition coefficient (Wildman–Crippen LogP) is 2.34. The zero-order valence-corrected chi connectivity index (χ0v) is 10.6. The van der Waals surface area contributed by atoms with Gasteiger partial charge in [-0.05, 0) is 30.9 Å². The summed E-state index contributed by atoms with van der Waals surface area (Å²) in [4.78, 5) is 21.4. The minimum Gasteiger partial charge on any atom is -0.352 e. The van der Waals surface area contributed by atoms with Crippen molar-refractivity contribution in [3.05, 3.63) is 35.6 Å². The van der Waals surface area contributed by atoms with E-state index in [0.29, 0.717) is 17.2 Å². The van der Waals surface area contributed by atoms with Crippen molar-refractivity contribution >= 4 is 17.2 Å². The van der Waals surface area contributed by atoms with E-state index >= 15 is 0 Å². The van der Waals surface area contributed by atoms with Gasteiger partial charge < -0.3 is 5.32 Å². The SMILES string of the molecule is O=C(NCC1CC1)c1cccnc1-c1cncs1. The molecule has 2 aromatic heterocycles. The molecule has 0 unspecified atom stereocenters. The van der Waals surface area contributed by atoms with Crippen LogP contribution in [0.5, 0.6) is 0 Å². The van der Waals surface area contributed by atoms with Crippen LogP contribution >= 0.6 is 11.3 Å². The lowest BCUT2D eigenvalue weighted by Crippen LogP contribution is -2.26. The third-order valence-corrected chi connectivity index (χ3v) is 3.75. The molecular formula is C13H13N3OS. The van der Waals surface area contributed by atoms with Crippen LogP contribution in [0.3, 0.4) is 0 Å². The zero-order valence-electron chi connectivity index (χ0n) is 9.80. The largest absolute Gasteiger partial charge is 0.352 e. The van der Waals surface area contributed by atoms with Crippen LogP contribution in [0.4, 0.5) is 0 Å². The molecule has 0 aromatic carbocycles. The summed E-state index contributed by atoms with van der Waals surface area (Å²) in [5.41, 5.74) is 3.09. The molecular weight excluding hydrogens is 246 g/mol. The van der Waals surface area contributed by atoms with E-state index < -0.39 is 0 Å². The fourth-order valence-electron chi connectivity index (χ4n) is 1.77. The van der Waals surface area contributed by atoms with Crippen LogP contribution in [0.1, 0.15) is 23.2 Å². The standard InChI is InChI=1S/C13H13N3OS/c17-13(16-6-9-3-4-9)10-2-1-5-15-12(10)11-7-14-8-18-11/h1-2,5,7-9H,3-4,6H2,(H,16,17). The predicted molar refractivity (Wildman–Crippen MR) is 70.4 cm³/mol. The van der Waals surface area contributed by atoms with Gasteiger partial charge in [-0.25, -0.2) is 0 Å². The lowest BCUT2D eigenvalue weighted by molar-refractivity contribution is 0.0952. The molecule has 2 heterocycles. The maximum absolute atomic E-state index is 12.1. The summed E-state index contributed by atoms with van der Waals surface area (Å²) in [6, 6.07) is 3.60. The van der Waals surface area contributed by atoms with Gasteiger partial charge in [0.2, 0.25) is 0 Å². The molecule has 5 heteroatoms. The lowest BCUT2D eigenvalue weighted by atomic mass is 10.1. The molecule has 1 aliphatic rings. The topological polar surface area (TPSA) is 54.9 Å². The van der Waals surface area contributed by atoms with E-state index in [4.69, 9.17) is 0 Å². The number of pyridine rings is 1. The first kappa shape index (κ1) is 11.3. The molecule has 0 aliphatic heterocycles. The fourth-order valence-corrected chi connectivity index (χ4v) is 2.40. The quantitative estimate of drug-likeness (QED) is 0.917. The van der Waals surface area contributed by atoms with Crippen molar-refractivity contribution in [1.29, 1.82) is 0 Å². The Morgan fingerprint density at radius 3 is 3.11 bits per heavy atom. The highest BCUT2D eigenvalue weighted by Crippen LogP contribution is 2.28. The van der Waals surface area contributed by atoms with E-state index in [0.717, 1.165) is 11.4 Å². The van der Waals surface area contributed by atoms with E-state index in [9.17, 15) is 4.79 Å². The summed E-state index contributed by atoms with van der Waals surface area (Å²) in [7, 11) is 0. The van der Waals surface area contributed by atoms with Gasteiger partial charge in [-0.1, -0.05) is 0 Å². The van der Waals surface area contributed by atoms with Crippen LogP contribution in [0, 0.1) is 5.92 Å². The van der Waals surface area contributed by atoms with E-state index in [1.807, 2.05) is 6.07 Å². The van der Waals surface area contributed by atoms with Gasteiger partial charge in [-0.2, -0.15) is 0 Å². The smallest absolute Gasteiger partial charge is 0.253 e. The second kappa shape index (κ2) is 4.86. The molecule has 0 bridgehead atoms. The fraction of sp³-hybridized carbons (Fsp3) is 0.308. The Bertz CT molecular complexity index is 549. The van der Waals surface area contributed by atoms with Crippen molar-refractivity contribution in [1.82, 2.24) is 15.3 Å². The second-order valence-electron chi connectivity index (χ2n) is 4.42. The number of hydrogen-bond donors (Lipinski definition) is 1. The molecule has 0 atom stereocenters. The lowest BCUT2D eigenvalue weighted by Gasteiger charge is -2.07. The first-order chi connectivity index (χ1) is 8.84. The number of carbonyl (C=O) groups excluding carboxylic acids is 1. The van der Waals surface area contributed by atoms with E-state index in [1.165, 1.54) is 24.2 Å². The van der Waals surface area contributed by atoms with Crippen LogP contribution in [-0.2, 0) is 0 Å². The number of hydrogen-bond acceptors (Lipinski definition) is 4. The number of nitrogens with zero attached hydrogens (tertiary/aromatic N) is 2. The summed E-state index contributed by atoms with van der Waals surface area (Å²) in [5, 5.41) is 2.97. The van der Waals surface area contributed by atoms with Gasteiger partial charge in [0.1, 0.15) is 0 Å². The highest BCUT2D eigenvalue weighted by Gasteiger charge is 2.22. The van der Waals surface area contributed by atoms with Crippen molar-refractivity contribution in [2.75, 3.05) is 6.54 Å². The van der Waals surface area contributed by atoms with E-state index in [1.54, 1.807) is 24.0 Å². The molecule has 18 heavy (non-hydrogen) atoms. The van der Waals surface area contributed by atoms with E-state index in [2.05, 4.69) is 15.3 Å². The number of amides is 1. The van der Waals surface area contributed by atoms with Crippen molar-refractivity contribution < 1.29 is 4.79 Å². The molecule has 3 rings (SSSR count).